The molecule has 4 aromatic rings. The van der Waals surface area contributed by atoms with Gasteiger partial charge in [-0.3, -0.25) is 14.6 Å². The van der Waals surface area contributed by atoms with Crippen molar-refractivity contribution in [2.45, 2.75) is 31.8 Å². The lowest BCUT2D eigenvalue weighted by atomic mass is 10.0. The Morgan fingerprint density at radius 1 is 1.13 bits per heavy atom. The normalized spacial score (nSPS) is 21.2. The van der Waals surface area contributed by atoms with Gasteiger partial charge in [-0.05, 0) is 37.8 Å². The number of piperazine rings is 1. The monoisotopic (exact) mass is 634 g/mol. The Morgan fingerprint density at radius 3 is 2.63 bits per heavy atom. The van der Waals surface area contributed by atoms with E-state index in [9.17, 15) is 9.59 Å². The van der Waals surface area contributed by atoms with E-state index < -0.39 is 24.7 Å². The molecule has 15 nitrogen and oxygen atoms in total. The number of fused-ring (bicyclic) bond motifs is 5. The molecule has 1 aromatic carbocycles. The van der Waals surface area contributed by atoms with Gasteiger partial charge in [0, 0.05) is 57.2 Å². The molecule has 242 valence electrons. The van der Waals surface area contributed by atoms with Crippen LogP contribution < -0.4 is 25.6 Å². The first-order valence-electron chi connectivity index (χ1n) is 15.2. The van der Waals surface area contributed by atoms with Crippen molar-refractivity contribution < 1.29 is 28.2 Å². The summed E-state index contributed by atoms with van der Waals surface area (Å²) in [5.41, 5.74) is 7.39. The minimum Gasteiger partial charge on any atom is -0.427 e. The number of nitrogens with two attached hydrogens (primary N) is 1. The molecule has 2 aliphatic heterocycles. The maximum atomic E-state index is 15.2. The lowest BCUT2D eigenvalue weighted by molar-refractivity contribution is -0.153. The van der Waals surface area contributed by atoms with Crippen LogP contribution in [0.25, 0.3) is 21.9 Å². The Balaban J connectivity index is 1.18. The van der Waals surface area contributed by atoms with Crippen LogP contribution in [0.4, 0.5) is 20.7 Å². The van der Waals surface area contributed by atoms with Crippen molar-refractivity contribution in [2.24, 2.45) is 11.7 Å². The Morgan fingerprint density at radius 2 is 1.91 bits per heavy atom. The third kappa shape index (κ3) is 5.86. The molecule has 3 atom stereocenters. The third-order valence-corrected chi connectivity index (χ3v) is 8.90. The smallest absolute Gasteiger partial charge is 0.416 e. The van der Waals surface area contributed by atoms with Gasteiger partial charge in [0.1, 0.15) is 23.1 Å². The average Bonchev–Trinajstić information content (AvgIpc) is 3.73. The van der Waals surface area contributed by atoms with E-state index in [0.29, 0.717) is 51.8 Å². The fourth-order valence-electron chi connectivity index (χ4n) is 6.55. The molecule has 2 bridgehead atoms. The van der Waals surface area contributed by atoms with Crippen molar-refractivity contribution in [3.63, 3.8) is 0 Å². The van der Waals surface area contributed by atoms with Crippen LogP contribution in [-0.2, 0) is 14.3 Å². The molecule has 3 fully saturated rings. The summed E-state index contributed by atoms with van der Waals surface area (Å²) in [5.74, 6) is 0.776. The van der Waals surface area contributed by atoms with Crippen LogP contribution in [0.1, 0.15) is 18.7 Å². The van der Waals surface area contributed by atoms with Gasteiger partial charge in [0.15, 0.2) is 5.75 Å². The zero-order valence-electron chi connectivity index (χ0n) is 25.5. The molecule has 1 amide bonds. The molecule has 3 aromatic heterocycles. The Hall–Kier alpha value is -4.67. The predicted molar refractivity (Wildman–Crippen MR) is 165 cm³/mol. The maximum Gasteiger partial charge on any atom is 0.416 e. The number of carbonyl (C=O) groups is 2. The van der Waals surface area contributed by atoms with Crippen LogP contribution in [0.5, 0.6) is 11.8 Å². The number of rotatable bonds is 8. The number of H-pyrrole nitrogens is 1. The second kappa shape index (κ2) is 12.3. The summed E-state index contributed by atoms with van der Waals surface area (Å²) in [7, 11) is 1.45. The zero-order chi connectivity index (χ0) is 31.9. The molecular formula is C30H35FN10O5. The van der Waals surface area contributed by atoms with Gasteiger partial charge in [0.05, 0.1) is 35.5 Å². The van der Waals surface area contributed by atoms with E-state index in [2.05, 4.69) is 30.2 Å². The number of aryl methyl sites for hydroxylation is 1. The lowest BCUT2D eigenvalue weighted by Crippen LogP contribution is -2.45. The zero-order valence-corrected chi connectivity index (χ0v) is 25.5. The second-order valence-electron chi connectivity index (χ2n) is 11.9. The quantitative estimate of drug-likeness (QED) is 0.190. The largest absolute Gasteiger partial charge is 0.427 e. The highest BCUT2D eigenvalue weighted by molar-refractivity contribution is 6.16. The van der Waals surface area contributed by atoms with Gasteiger partial charge < -0.3 is 35.1 Å². The van der Waals surface area contributed by atoms with Crippen LogP contribution in [0.3, 0.4) is 0 Å². The highest BCUT2D eigenvalue weighted by atomic mass is 19.1. The van der Waals surface area contributed by atoms with E-state index in [1.54, 1.807) is 6.92 Å². The van der Waals surface area contributed by atoms with Gasteiger partial charge in [0.2, 0.25) is 6.79 Å². The number of aromatic amines is 1. The van der Waals surface area contributed by atoms with E-state index in [1.807, 2.05) is 4.90 Å². The summed E-state index contributed by atoms with van der Waals surface area (Å²) in [6.07, 6.45) is 3.99. The molecular weight excluding hydrogens is 599 g/mol. The number of piperidine rings is 1. The molecule has 0 radical (unpaired) electrons. The van der Waals surface area contributed by atoms with Crippen molar-refractivity contribution >= 4 is 45.5 Å². The number of hydrogen-bond donors (Lipinski definition) is 3. The third-order valence-electron chi connectivity index (χ3n) is 8.90. The summed E-state index contributed by atoms with van der Waals surface area (Å²) >= 11 is 0. The van der Waals surface area contributed by atoms with Crippen molar-refractivity contribution in [3.05, 3.63) is 36.2 Å². The van der Waals surface area contributed by atoms with Gasteiger partial charge >= 0.3 is 18.1 Å². The Kier molecular flexibility index (Phi) is 8.00. The molecule has 2 saturated heterocycles. The highest BCUT2D eigenvalue weighted by Gasteiger charge is 2.44. The van der Waals surface area contributed by atoms with Crippen LogP contribution in [-0.4, -0.2) is 107 Å². The molecule has 46 heavy (non-hydrogen) atoms. The number of nitrogens with one attached hydrogen (secondary N) is 2. The fraction of sp³-hybridized carbons (Fsp3) is 0.467. The predicted octanol–water partition coefficient (Wildman–Crippen LogP) is 2.05. The van der Waals surface area contributed by atoms with Gasteiger partial charge in [0.25, 0.3) is 0 Å². The Labute approximate surface area is 263 Å². The number of ether oxygens (including phenoxy) is 3. The van der Waals surface area contributed by atoms with Crippen LogP contribution in [0, 0.1) is 18.7 Å². The van der Waals surface area contributed by atoms with Crippen molar-refractivity contribution in [2.75, 3.05) is 62.9 Å². The number of carbonyl (C=O) groups excluding carboxylic acids is 2. The first kappa shape index (κ1) is 30.0. The molecule has 7 rings (SSSR count). The highest BCUT2D eigenvalue weighted by Crippen LogP contribution is 2.44. The molecule has 5 heterocycles. The van der Waals surface area contributed by atoms with Crippen molar-refractivity contribution in [1.82, 2.24) is 35.1 Å². The number of nitrogens with zero attached hydrogens (tertiary/aromatic N) is 7. The summed E-state index contributed by atoms with van der Waals surface area (Å²) in [4.78, 5) is 51.6. The molecule has 1 aliphatic carbocycles. The molecule has 3 aliphatic rings. The molecule has 1 unspecified atom stereocenters. The number of benzene rings is 1. The number of aromatic nitrogens is 5. The molecule has 1 saturated carbocycles. The number of anilines is 2. The van der Waals surface area contributed by atoms with Crippen LogP contribution in [0.15, 0.2) is 24.5 Å². The minimum atomic E-state index is -0.832. The molecule has 16 heteroatoms. The summed E-state index contributed by atoms with van der Waals surface area (Å²) < 4.78 is 31.5. The van der Waals surface area contributed by atoms with Crippen LogP contribution >= 0.6 is 0 Å². The summed E-state index contributed by atoms with van der Waals surface area (Å²) in [6, 6.07) is 2.95. The van der Waals surface area contributed by atoms with E-state index in [1.165, 1.54) is 31.6 Å². The fourth-order valence-corrected chi connectivity index (χ4v) is 6.55. The maximum absolute atomic E-state index is 15.2. The molecule has 4 N–H and O–H groups in total. The summed E-state index contributed by atoms with van der Waals surface area (Å²) in [5, 5.41) is 4.29. The number of esters is 1. The standard InChI is InChI=1S/C30H35FN10O5/c1-16-34-11-20(12-35-16)46-29-37-27-25(28(38-29)41-13-17-7-19(41)10-22(17)32)21-8-18(31)9-23(26(21)36-27)39(2)30(43)45-15-44-24(42)14-40-5-3-33-4-6-40/h8-9,11-12,17,19,22,33H,3-7,10,13-15,32H2,1-2H3,(H,36,37,38)/t17-,19?,22-/m1/s1. The first-order valence-corrected chi connectivity index (χ1v) is 15.2. The second-order valence-corrected chi connectivity index (χ2v) is 11.9. The van der Waals surface area contributed by atoms with Gasteiger partial charge in [-0.2, -0.15) is 9.97 Å². The average molecular weight is 635 g/mol. The summed E-state index contributed by atoms with van der Waals surface area (Å²) in [6.45, 7) is 5.03. The van der Waals surface area contributed by atoms with Gasteiger partial charge in [-0.15, -0.1) is 0 Å². The van der Waals surface area contributed by atoms with Crippen LogP contribution in [0.2, 0.25) is 0 Å². The minimum absolute atomic E-state index is 0.0611. The lowest BCUT2D eigenvalue weighted by Gasteiger charge is -2.31. The van der Waals surface area contributed by atoms with E-state index >= 15 is 4.39 Å². The van der Waals surface area contributed by atoms with Crippen molar-refractivity contribution in [3.8, 4) is 11.8 Å². The van der Waals surface area contributed by atoms with E-state index in [-0.39, 0.29) is 30.3 Å². The Bertz CT molecular complexity index is 1780. The van der Waals surface area contributed by atoms with E-state index in [0.717, 1.165) is 43.9 Å². The number of hydrogen-bond acceptors (Lipinski definition) is 13. The van der Waals surface area contributed by atoms with Gasteiger partial charge in [-0.25, -0.2) is 19.2 Å². The first-order chi connectivity index (χ1) is 22.2. The topological polar surface area (TPSA) is 177 Å². The van der Waals surface area contributed by atoms with Gasteiger partial charge in [-0.1, -0.05) is 0 Å². The molecule has 0 spiro atoms. The SMILES string of the molecule is Cc1ncc(Oc2nc(N3C[C@H]4CC3C[C@H]4N)c3c(n2)[nH]c2c(N(C)C(=O)OCOC(=O)CN4CCNCC4)cc(F)cc23)cn1. The number of halogens is 1. The van der Waals surface area contributed by atoms with Crippen molar-refractivity contribution in [1.29, 1.82) is 0 Å². The number of amides is 1. The van der Waals surface area contributed by atoms with E-state index in [4.69, 9.17) is 24.9 Å².